The van der Waals surface area contributed by atoms with Gasteiger partial charge in [-0.2, -0.15) is 0 Å². The van der Waals surface area contributed by atoms with Crippen LogP contribution in [-0.4, -0.2) is 24.9 Å². The standard InChI is InChI=1S/C10H18NO/c1-3-4-5-6-7-8-9-11(2)10-12/h5-6,10H,1,3-4,7-9H2,2H3. The van der Waals surface area contributed by atoms with E-state index in [0.29, 0.717) is 0 Å². The van der Waals surface area contributed by atoms with Crippen molar-refractivity contribution in [2.45, 2.75) is 25.7 Å². The molecule has 1 amide bonds. The molecule has 0 bridgehead atoms. The van der Waals surface area contributed by atoms with Crippen LogP contribution in [0.3, 0.4) is 0 Å². The number of rotatable bonds is 7. The Labute approximate surface area is 75.3 Å². The van der Waals surface area contributed by atoms with Crippen LogP contribution < -0.4 is 0 Å². The van der Waals surface area contributed by atoms with Gasteiger partial charge in [-0.3, -0.25) is 4.79 Å². The van der Waals surface area contributed by atoms with Gasteiger partial charge in [-0.1, -0.05) is 19.1 Å². The number of unbranched alkanes of at least 4 members (excludes halogenated alkanes) is 2. The van der Waals surface area contributed by atoms with Crippen LogP contribution in [-0.2, 0) is 4.79 Å². The van der Waals surface area contributed by atoms with Gasteiger partial charge in [-0.15, -0.1) is 0 Å². The summed E-state index contributed by atoms with van der Waals surface area (Å²) in [4.78, 5) is 11.8. The third-order valence-corrected chi connectivity index (χ3v) is 1.60. The van der Waals surface area contributed by atoms with Gasteiger partial charge in [-0.05, 0) is 25.7 Å². The van der Waals surface area contributed by atoms with Crippen LogP contribution >= 0.6 is 0 Å². The summed E-state index contributed by atoms with van der Waals surface area (Å²) in [5, 5.41) is 0. The number of nitrogens with zero attached hydrogens (tertiary/aromatic N) is 1. The van der Waals surface area contributed by atoms with Crippen molar-refractivity contribution < 1.29 is 4.79 Å². The quantitative estimate of drug-likeness (QED) is 0.323. The molecule has 0 aromatic rings. The first-order valence-corrected chi connectivity index (χ1v) is 4.41. The normalized spacial score (nSPS) is 10.5. The van der Waals surface area contributed by atoms with E-state index in [1.807, 2.05) is 0 Å². The van der Waals surface area contributed by atoms with Crippen molar-refractivity contribution in [3.05, 3.63) is 19.1 Å². The zero-order valence-corrected chi connectivity index (χ0v) is 7.83. The largest absolute Gasteiger partial charge is 0.348 e. The van der Waals surface area contributed by atoms with Crippen molar-refractivity contribution in [3.63, 3.8) is 0 Å². The summed E-state index contributed by atoms with van der Waals surface area (Å²) < 4.78 is 0. The minimum absolute atomic E-state index is 0.845. The van der Waals surface area contributed by atoms with E-state index in [-0.39, 0.29) is 0 Å². The molecule has 0 atom stereocenters. The second kappa shape index (κ2) is 8.31. The summed E-state index contributed by atoms with van der Waals surface area (Å²) in [6, 6.07) is 0. The Kier molecular flexibility index (Phi) is 7.76. The fourth-order valence-electron chi connectivity index (χ4n) is 0.865. The van der Waals surface area contributed by atoms with Crippen LogP contribution in [0.1, 0.15) is 25.7 Å². The minimum Gasteiger partial charge on any atom is -0.348 e. The maximum Gasteiger partial charge on any atom is 0.209 e. The van der Waals surface area contributed by atoms with E-state index in [4.69, 9.17) is 0 Å². The molecule has 0 unspecified atom stereocenters. The predicted octanol–water partition coefficient (Wildman–Crippen LogP) is 2.03. The minimum atomic E-state index is 0.845. The average molecular weight is 168 g/mol. The topological polar surface area (TPSA) is 20.3 Å². The zero-order valence-electron chi connectivity index (χ0n) is 7.83. The maximum absolute atomic E-state index is 10.2. The lowest BCUT2D eigenvalue weighted by Crippen LogP contribution is -2.16. The first-order valence-electron chi connectivity index (χ1n) is 4.41. The fourth-order valence-corrected chi connectivity index (χ4v) is 0.865. The molecule has 0 saturated heterocycles. The van der Waals surface area contributed by atoms with E-state index in [0.717, 1.165) is 38.6 Å². The molecule has 69 valence electrons. The van der Waals surface area contributed by atoms with Gasteiger partial charge in [0, 0.05) is 13.6 Å². The number of carbonyl (C=O) groups is 1. The highest BCUT2D eigenvalue weighted by Gasteiger charge is 1.89. The highest BCUT2D eigenvalue weighted by Crippen LogP contribution is 1.95. The number of allylic oxidation sites excluding steroid dienone is 2. The van der Waals surface area contributed by atoms with Gasteiger partial charge in [0.15, 0.2) is 0 Å². The molecule has 0 aliphatic carbocycles. The van der Waals surface area contributed by atoms with Crippen LogP contribution in [0.5, 0.6) is 0 Å². The van der Waals surface area contributed by atoms with Crippen molar-refractivity contribution >= 4 is 6.41 Å². The van der Waals surface area contributed by atoms with Crippen molar-refractivity contribution in [1.82, 2.24) is 4.90 Å². The van der Waals surface area contributed by atoms with Gasteiger partial charge < -0.3 is 4.90 Å². The predicted molar refractivity (Wildman–Crippen MR) is 51.7 cm³/mol. The summed E-state index contributed by atoms with van der Waals surface area (Å²) in [6.45, 7) is 4.58. The summed E-state index contributed by atoms with van der Waals surface area (Å²) in [7, 11) is 1.80. The Morgan fingerprint density at radius 1 is 1.33 bits per heavy atom. The van der Waals surface area contributed by atoms with E-state index in [2.05, 4.69) is 19.1 Å². The second-order valence-electron chi connectivity index (χ2n) is 2.84. The molecule has 0 heterocycles. The lowest BCUT2D eigenvalue weighted by atomic mass is 10.2. The second-order valence-corrected chi connectivity index (χ2v) is 2.84. The molecule has 0 aliphatic heterocycles. The zero-order chi connectivity index (χ0) is 9.23. The maximum atomic E-state index is 10.2. The van der Waals surface area contributed by atoms with Crippen molar-refractivity contribution in [3.8, 4) is 0 Å². The molecule has 0 N–H and O–H groups in total. The monoisotopic (exact) mass is 168 g/mol. The molecular weight excluding hydrogens is 150 g/mol. The Hall–Kier alpha value is -0.790. The SMILES string of the molecule is [CH2]CCC=CCCCN(C)C=O. The van der Waals surface area contributed by atoms with Gasteiger partial charge in [0.25, 0.3) is 0 Å². The number of hydrogen-bond donors (Lipinski definition) is 0. The van der Waals surface area contributed by atoms with Crippen LogP contribution in [0.15, 0.2) is 12.2 Å². The molecule has 2 heteroatoms. The highest BCUT2D eigenvalue weighted by atomic mass is 16.1. The van der Waals surface area contributed by atoms with Gasteiger partial charge >= 0.3 is 0 Å². The summed E-state index contributed by atoms with van der Waals surface area (Å²) in [5.74, 6) is 0. The molecule has 0 fully saturated rings. The molecule has 0 spiro atoms. The third-order valence-electron chi connectivity index (χ3n) is 1.60. The van der Waals surface area contributed by atoms with Crippen LogP contribution in [0.2, 0.25) is 0 Å². The first-order chi connectivity index (χ1) is 5.81. The van der Waals surface area contributed by atoms with E-state index < -0.39 is 0 Å². The Bertz CT molecular complexity index is 132. The lowest BCUT2D eigenvalue weighted by molar-refractivity contribution is -0.117. The van der Waals surface area contributed by atoms with Gasteiger partial charge in [-0.25, -0.2) is 0 Å². The van der Waals surface area contributed by atoms with Crippen molar-refractivity contribution in [1.29, 1.82) is 0 Å². The number of amides is 1. The van der Waals surface area contributed by atoms with Gasteiger partial charge in [0.2, 0.25) is 6.41 Å². The summed E-state index contributed by atoms with van der Waals surface area (Å²) >= 11 is 0. The highest BCUT2D eigenvalue weighted by molar-refractivity contribution is 5.46. The van der Waals surface area contributed by atoms with Crippen molar-refractivity contribution in [2.75, 3.05) is 13.6 Å². The number of carbonyl (C=O) groups excluding carboxylic acids is 1. The Morgan fingerprint density at radius 2 is 2.00 bits per heavy atom. The van der Waals surface area contributed by atoms with Gasteiger partial charge in [0.1, 0.15) is 0 Å². The molecule has 0 aliphatic rings. The Balaban J connectivity index is 3.14. The lowest BCUT2D eigenvalue weighted by Gasteiger charge is -2.07. The molecule has 0 aromatic carbocycles. The number of hydrogen-bond acceptors (Lipinski definition) is 1. The van der Waals surface area contributed by atoms with E-state index in [1.165, 1.54) is 0 Å². The molecule has 12 heavy (non-hydrogen) atoms. The first kappa shape index (κ1) is 11.2. The smallest absolute Gasteiger partial charge is 0.209 e. The van der Waals surface area contributed by atoms with E-state index in [1.54, 1.807) is 11.9 Å². The third kappa shape index (κ3) is 7.32. The van der Waals surface area contributed by atoms with Gasteiger partial charge in [0.05, 0.1) is 0 Å². The van der Waals surface area contributed by atoms with E-state index in [9.17, 15) is 4.79 Å². The van der Waals surface area contributed by atoms with Crippen LogP contribution in [0.4, 0.5) is 0 Å². The molecular formula is C10H18NO. The van der Waals surface area contributed by atoms with Crippen molar-refractivity contribution in [2.24, 2.45) is 0 Å². The molecule has 2 nitrogen and oxygen atoms in total. The fraction of sp³-hybridized carbons (Fsp3) is 0.600. The molecule has 0 saturated carbocycles. The molecule has 0 rings (SSSR count). The Morgan fingerprint density at radius 3 is 2.58 bits per heavy atom. The summed E-state index contributed by atoms with van der Waals surface area (Å²) in [5.41, 5.74) is 0. The molecule has 0 aromatic heterocycles. The average Bonchev–Trinajstić information content (AvgIpc) is 2.10. The molecule has 1 radical (unpaired) electrons. The van der Waals surface area contributed by atoms with Crippen LogP contribution in [0, 0.1) is 6.92 Å². The summed E-state index contributed by atoms with van der Waals surface area (Å²) in [6.07, 6.45) is 9.28. The van der Waals surface area contributed by atoms with E-state index >= 15 is 0 Å². The van der Waals surface area contributed by atoms with Crippen LogP contribution in [0.25, 0.3) is 0 Å².